The fourth-order valence-corrected chi connectivity index (χ4v) is 2.73. The lowest BCUT2D eigenvalue weighted by molar-refractivity contribution is 0.0522. The summed E-state index contributed by atoms with van der Waals surface area (Å²) < 4.78 is 20.7. The van der Waals surface area contributed by atoms with Crippen molar-refractivity contribution in [3.05, 3.63) is 47.5 Å². The van der Waals surface area contributed by atoms with Gasteiger partial charge in [-0.05, 0) is 56.2 Å². The number of amides is 1. The van der Waals surface area contributed by atoms with Crippen molar-refractivity contribution in [2.45, 2.75) is 32.9 Å². The van der Waals surface area contributed by atoms with Crippen LogP contribution in [0, 0.1) is 0 Å². The van der Waals surface area contributed by atoms with E-state index >= 15 is 0 Å². The van der Waals surface area contributed by atoms with E-state index in [0.717, 1.165) is 16.7 Å². The number of hydrogen-bond acceptors (Lipinski definition) is 6. The zero-order chi connectivity index (χ0) is 21.6. The molecule has 0 saturated carbocycles. The Morgan fingerprint density at radius 3 is 2.03 bits per heavy atom. The summed E-state index contributed by atoms with van der Waals surface area (Å²) in [5.41, 5.74) is 2.17. The molecule has 0 aliphatic heterocycles. The molecule has 2 rings (SSSR count). The molecule has 2 aromatic rings. The van der Waals surface area contributed by atoms with Gasteiger partial charge < -0.3 is 24.3 Å². The molecule has 7 heteroatoms. The Morgan fingerprint density at radius 2 is 1.48 bits per heavy atom. The van der Waals surface area contributed by atoms with Crippen molar-refractivity contribution in [3.63, 3.8) is 0 Å². The molecule has 0 spiro atoms. The van der Waals surface area contributed by atoms with Gasteiger partial charge in [0.1, 0.15) is 22.7 Å². The number of alkyl carbamates (subject to hydrolysis) is 1. The van der Waals surface area contributed by atoms with Gasteiger partial charge in [0.05, 0.1) is 21.3 Å². The molecular weight excluding hydrogens is 374 g/mol. The molecule has 0 aliphatic carbocycles. The van der Waals surface area contributed by atoms with E-state index in [-0.39, 0.29) is 6.54 Å². The van der Waals surface area contributed by atoms with Crippen LogP contribution >= 0.6 is 0 Å². The average Bonchev–Trinajstić information content (AvgIpc) is 2.69. The molecule has 7 nitrogen and oxygen atoms in total. The van der Waals surface area contributed by atoms with Gasteiger partial charge in [0.15, 0.2) is 0 Å². The van der Waals surface area contributed by atoms with Crippen LogP contribution in [0.15, 0.2) is 36.4 Å². The quantitative estimate of drug-likeness (QED) is 0.731. The maximum atomic E-state index is 12.1. The fraction of sp³-hybridized carbons (Fsp3) is 0.364. The molecule has 1 N–H and O–H groups in total. The van der Waals surface area contributed by atoms with E-state index < -0.39 is 17.7 Å². The maximum absolute atomic E-state index is 12.1. The number of esters is 1. The highest BCUT2D eigenvalue weighted by Gasteiger charge is 2.17. The van der Waals surface area contributed by atoms with Gasteiger partial charge in [-0.25, -0.2) is 9.59 Å². The first kappa shape index (κ1) is 22.1. The van der Waals surface area contributed by atoms with Crippen molar-refractivity contribution >= 4 is 12.1 Å². The summed E-state index contributed by atoms with van der Waals surface area (Å²) in [5, 5.41) is 2.73. The molecule has 0 atom stereocenters. The first-order valence-electron chi connectivity index (χ1n) is 9.09. The number of hydrogen-bond donors (Lipinski definition) is 1. The van der Waals surface area contributed by atoms with Gasteiger partial charge in [-0.2, -0.15) is 0 Å². The third kappa shape index (κ3) is 5.88. The van der Waals surface area contributed by atoms with Crippen LogP contribution in [0.2, 0.25) is 0 Å². The minimum absolute atomic E-state index is 0.228. The molecule has 0 aliphatic rings. The van der Waals surface area contributed by atoms with Crippen molar-refractivity contribution < 1.29 is 28.5 Å². The highest BCUT2D eigenvalue weighted by atomic mass is 16.6. The first-order valence-corrected chi connectivity index (χ1v) is 9.09. The standard InChI is InChI=1S/C22H27NO6/c1-22(2,3)29-21(25)23-13-16-11-14(7-9-18(16)26-4)15-8-10-19(27-5)17(12-15)20(24)28-6/h7-12H,13H2,1-6H3,(H,23,25). The number of carbonyl (C=O) groups is 2. The van der Waals surface area contributed by atoms with Crippen LogP contribution in [0.5, 0.6) is 11.5 Å². The third-order valence-electron chi connectivity index (χ3n) is 4.04. The van der Waals surface area contributed by atoms with Crippen molar-refractivity contribution in [3.8, 4) is 22.6 Å². The van der Waals surface area contributed by atoms with Gasteiger partial charge in [-0.3, -0.25) is 0 Å². The summed E-state index contributed by atoms with van der Waals surface area (Å²) >= 11 is 0. The number of nitrogens with one attached hydrogen (secondary N) is 1. The van der Waals surface area contributed by atoms with E-state index in [2.05, 4.69) is 5.32 Å². The van der Waals surface area contributed by atoms with Gasteiger partial charge in [-0.15, -0.1) is 0 Å². The van der Waals surface area contributed by atoms with E-state index in [4.69, 9.17) is 18.9 Å². The van der Waals surface area contributed by atoms with Gasteiger partial charge in [-0.1, -0.05) is 12.1 Å². The smallest absolute Gasteiger partial charge is 0.407 e. The van der Waals surface area contributed by atoms with Gasteiger partial charge in [0.2, 0.25) is 0 Å². The molecule has 2 aromatic carbocycles. The molecule has 0 aromatic heterocycles. The van der Waals surface area contributed by atoms with E-state index in [1.54, 1.807) is 40.0 Å². The number of ether oxygens (including phenoxy) is 4. The van der Waals surface area contributed by atoms with E-state index in [1.165, 1.54) is 14.2 Å². The number of rotatable bonds is 6. The zero-order valence-corrected chi connectivity index (χ0v) is 17.6. The monoisotopic (exact) mass is 401 g/mol. The average molecular weight is 401 g/mol. The molecule has 0 bridgehead atoms. The summed E-state index contributed by atoms with van der Waals surface area (Å²) in [6, 6.07) is 10.8. The third-order valence-corrected chi connectivity index (χ3v) is 4.04. The molecule has 156 valence electrons. The Kier molecular flexibility index (Phi) is 7.09. The van der Waals surface area contributed by atoms with Crippen LogP contribution in [0.25, 0.3) is 11.1 Å². The van der Waals surface area contributed by atoms with Crippen LogP contribution in [-0.2, 0) is 16.0 Å². The largest absolute Gasteiger partial charge is 0.496 e. The van der Waals surface area contributed by atoms with Crippen LogP contribution in [0.1, 0.15) is 36.7 Å². The summed E-state index contributed by atoms with van der Waals surface area (Å²) in [4.78, 5) is 24.0. The molecule has 0 fully saturated rings. The summed E-state index contributed by atoms with van der Waals surface area (Å²) in [7, 11) is 4.38. The summed E-state index contributed by atoms with van der Waals surface area (Å²) in [6.07, 6.45) is -0.512. The predicted octanol–water partition coefficient (Wildman–Crippen LogP) is 4.18. The second-order valence-corrected chi connectivity index (χ2v) is 7.29. The van der Waals surface area contributed by atoms with Crippen LogP contribution < -0.4 is 14.8 Å². The normalized spacial score (nSPS) is 10.8. The lowest BCUT2D eigenvalue weighted by Gasteiger charge is -2.20. The second kappa shape index (κ2) is 9.32. The topological polar surface area (TPSA) is 83.1 Å². The Balaban J connectivity index is 2.32. The molecule has 29 heavy (non-hydrogen) atoms. The number of methoxy groups -OCH3 is 3. The van der Waals surface area contributed by atoms with Crippen LogP contribution in [0.4, 0.5) is 4.79 Å². The SMILES string of the molecule is COC(=O)c1cc(-c2ccc(OC)c(CNC(=O)OC(C)(C)C)c2)ccc1OC. The number of benzene rings is 2. The zero-order valence-electron chi connectivity index (χ0n) is 17.6. The Labute approximate surface area is 170 Å². The van der Waals surface area contributed by atoms with E-state index in [1.807, 2.05) is 24.3 Å². The van der Waals surface area contributed by atoms with Crippen molar-refractivity contribution in [1.82, 2.24) is 5.32 Å². The maximum Gasteiger partial charge on any atom is 0.407 e. The second-order valence-electron chi connectivity index (χ2n) is 7.29. The molecule has 0 saturated heterocycles. The van der Waals surface area contributed by atoms with Crippen LogP contribution in [-0.4, -0.2) is 39.0 Å². The molecular formula is C22H27NO6. The van der Waals surface area contributed by atoms with Gasteiger partial charge in [0, 0.05) is 12.1 Å². The molecule has 1 amide bonds. The first-order chi connectivity index (χ1) is 13.7. The molecule has 0 unspecified atom stereocenters. The minimum atomic E-state index is -0.580. The lowest BCUT2D eigenvalue weighted by atomic mass is 10.00. The van der Waals surface area contributed by atoms with E-state index in [9.17, 15) is 9.59 Å². The van der Waals surface area contributed by atoms with Crippen molar-refractivity contribution in [2.24, 2.45) is 0 Å². The van der Waals surface area contributed by atoms with Crippen molar-refractivity contribution in [1.29, 1.82) is 0 Å². The highest BCUT2D eigenvalue weighted by molar-refractivity contribution is 5.94. The summed E-state index contributed by atoms with van der Waals surface area (Å²) in [5.74, 6) is 0.580. The minimum Gasteiger partial charge on any atom is -0.496 e. The fourth-order valence-electron chi connectivity index (χ4n) is 2.73. The number of carbonyl (C=O) groups excluding carboxylic acids is 2. The highest BCUT2D eigenvalue weighted by Crippen LogP contribution is 2.30. The van der Waals surface area contributed by atoms with Gasteiger partial charge in [0.25, 0.3) is 0 Å². The van der Waals surface area contributed by atoms with Crippen molar-refractivity contribution in [2.75, 3.05) is 21.3 Å². The summed E-state index contributed by atoms with van der Waals surface area (Å²) in [6.45, 7) is 5.63. The molecule has 0 radical (unpaired) electrons. The molecule has 0 heterocycles. The van der Waals surface area contributed by atoms with E-state index in [0.29, 0.717) is 17.1 Å². The van der Waals surface area contributed by atoms with Gasteiger partial charge >= 0.3 is 12.1 Å². The predicted molar refractivity (Wildman–Crippen MR) is 109 cm³/mol. The Hall–Kier alpha value is -3.22. The lowest BCUT2D eigenvalue weighted by Crippen LogP contribution is -2.32. The Bertz CT molecular complexity index is 885. The van der Waals surface area contributed by atoms with Crippen LogP contribution in [0.3, 0.4) is 0 Å². The Morgan fingerprint density at radius 1 is 0.897 bits per heavy atom.